The second-order valence-electron chi connectivity index (χ2n) is 8.05. The van der Waals surface area contributed by atoms with Gasteiger partial charge in [-0.15, -0.1) is 0 Å². The highest BCUT2D eigenvalue weighted by Gasteiger charge is 2.29. The summed E-state index contributed by atoms with van der Waals surface area (Å²) < 4.78 is 13.3. The second kappa shape index (κ2) is 7.98. The van der Waals surface area contributed by atoms with Crippen LogP contribution >= 0.6 is 0 Å². The van der Waals surface area contributed by atoms with Crippen LogP contribution in [0.2, 0.25) is 0 Å². The molecular formula is C20H29FN2O2. The maximum atomic E-state index is 13.3. The SMILES string of the molecule is CC(NC(=O)C(C)(C)C)C(=O)N1CCC(Cc2cccc(F)c2)CC1. The Morgan fingerprint density at radius 2 is 1.92 bits per heavy atom. The molecule has 5 heteroatoms. The Bertz CT molecular complexity index is 616. The number of piperidine rings is 1. The third-order valence-corrected chi connectivity index (χ3v) is 4.74. The van der Waals surface area contributed by atoms with E-state index < -0.39 is 11.5 Å². The highest BCUT2D eigenvalue weighted by Crippen LogP contribution is 2.22. The van der Waals surface area contributed by atoms with E-state index in [0.717, 1.165) is 24.8 Å². The minimum Gasteiger partial charge on any atom is -0.344 e. The summed E-state index contributed by atoms with van der Waals surface area (Å²) in [5, 5.41) is 2.80. The molecule has 1 atom stereocenters. The smallest absolute Gasteiger partial charge is 0.244 e. The average molecular weight is 348 g/mol. The normalized spacial score (nSPS) is 17.2. The van der Waals surface area contributed by atoms with E-state index in [4.69, 9.17) is 0 Å². The number of nitrogens with one attached hydrogen (secondary N) is 1. The first kappa shape index (κ1) is 19.4. The van der Waals surface area contributed by atoms with Crippen LogP contribution < -0.4 is 5.32 Å². The third kappa shape index (κ3) is 5.55. The predicted octanol–water partition coefficient (Wildman–Crippen LogP) is 3.16. The lowest BCUT2D eigenvalue weighted by Crippen LogP contribution is -2.51. The Hall–Kier alpha value is -1.91. The third-order valence-electron chi connectivity index (χ3n) is 4.74. The van der Waals surface area contributed by atoms with Crippen LogP contribution in [0.1, 0.15) is 46.1 Å². The summed E-state index contributed by atoms with van der Waals surface area (Å²) in [6, 6.07) is 6.22. The van der Waals surface area contributed by atoms with Crippen LogP contribution in [0.15, 0.2) is 24.3 Å². The number of amides is 2. The first-order valence-corrected chi connectivity index (χ1v) is 9.01. The fourth-order valence-electron chi connectivity index (χ4n) is 3.10. The fraction of sp³-hybridized carbons (Fsp3) is 0.600. The van der Waals surface area contributed by atoms with Crippen molar-refractivity contribution in [3.63, 3.8) is 0 Å². The monoisotopic (exact) mass is 348 g/mol. The van der Waals surface area contributed by atoms with Crippen LogP contribution in [0.25, 0.3) is 0 Å². The molecule has 1 heterocycles. The van der Waals surface area contributed by atoms with Crippen molar-refractivity contribution in [2.75, 3.05) is 13.1 Å². The zero-order valence-electron chi connectivity index (χ0n) is 15.6. The summed E-state index contributed by atoms with van der Waals surface area (Å²) in [5.74, 6) is 0.120. The largest absolute Gasteiger partial charge is 0.344 e. The van der Waals surface area contributed by atoms with Gasteiger partial charge in [0.2, 0.25) is 11.8 Å². The standard InChI is InChI=1S/C20H29FN2O2/c1-14(22-19(25)20(2,3)4)18(24)23-10-8-15(9-11-23)12-16-6-5-7-17(21)13-16/h5-7,13-15H,8-12H2,1-4H3,(H,22,25). The number of likely N-dealkylation sites (tertiary alicyclic amines) is 1. The molecule has 0 aromatic heterocycles. The molecule has 1 aromatic rings. The Morgan fingerprint density at radius 1 is 1.28 bits per heavy atom. The van der Waals surface area contributed by atoms with Crippen molar-refractivity contribution in [2.45, 2.75) is 53.0 Å². The topological polar surface area (TPSA) is 49.4 Å². The molecule has 2 amide bonds. The lowest BCUT2D eigenvalue weighted by molar-refractivity contribution is -0.139. The first-order chi connectivity index (χ1) is 11.7. The molecule has 2 rings (SSSR count). The number of hydrogen-bond acceptors (Lipinski definition) is 2. The molecular weight excluding hydrogens is 319 g/mol. The van der Waals surface area contributed by atoms with Crippen LogP contribution in [0.5, 0.6) is 0 Å². The van der Waals surface area contributed by atoms with Crippen LogP contribution in [-0.2, 0) is 16.0 Å². The lowest BCUT2D eigenvalue weighted by atomic mass is 9.90. The molecule has 1 saturated heterocycles. The van der Waals surface area contributed by atoms with E-state index in [1.54, 1.807) is 19.1 Å². The van der Waals surface area contributed by atoms with Gasteiger partial charge in [0.05, 0.1) is 0 Å². The van der Waals surface area contributed by atoms with Gasteiger partial charge < -0.3 is 10.2 Å². The molecule has 0 radical (unpaired) electrons. The van der Waals surface area contributed by atoms with E-state index in [2.05, 4.69) is 5.32 Å². The Morgan fingerprint density at radius 3 is 2.48 bits per heavy atom. The van der Waals surface area contributed by atoms with Crippen LogP contribution in [0, 0.1) is 17.2 Å². The fourth-order valence-corrected chi connectivity index (χ4v) is 3.10. The minimum absolute atomic E-state index is 0.0261. The molecule has 0 spiro atoms. The summed E-state index contributed by atoms with van der Waals surface area (Å²) in [7, 11) is 0. The van der Waals surface area contributed by atoms with Crippen molar-refractivity contribution in [3.05, 3.63) is 35.6 Å². The summed E-state index contributed by atoms with van der Waals surface area (Å²) >= 11 is 0. The van der Waals surface area contributed by atoms with Gasteiger partial charge in [-0.2, -0.15) is 0 Å². The van der Waals surface area contributed by atoms with E-state index in [1.807, 2.05) is 31.7 Å². The average Bonchev–Trinajstić information content (AvgIpc) is 2.54. The number of carbonyl (C=O) groups is 2. The Balaban J connectivity index is 1.82. The second-order valence-corrected chi connectivity index (χ2v) is 8.05. The number of benzene rings is 1. The highest BCUT2D eigenvalue weighted by molar-refractivity contribution is 5.89. The van der Waals surface area contributed by atoms with Gasteiger partial charge in [0.25, 0.3) is 0 Å². The van der Waals surface area contributed by atoms with E-state index in [-0.39, 0.29) is 17.6 Å². The molecule has 1 unspecified atom stereocenters. The van der Waals surface area contributed by atoms with Crippen molar-refractivity contribution in [2.24, 2.45) is 11.3 Å². The molecule has 1 N–H and O–H groups in total. The summed E-state index contributed by atoms with van der Waals surface area (Å²) in [4.78, 5) is 26.4. The van der Waals surface area contributed by atoms with Gasteiger partial charge in [0, 0.05) is 18.5 Å². The zero-order valence-corrected chi connectivity index (χ0v) is 15.6. The number of halogens is 1. The molecule has 1 fully saturated rings. The predicted molar refractivity (Wildman–Crippen MR) is 96.5 cm³/mol. The van der Waals surface area contributed by atoms with Crippen molar-refractivity contribution in [1.82, 2.24) is 10.2 Å². The van der Waals surface area contributed by atoms with Gasteiger partial charge in [-0.1, -0.05) is 32.9 Å². The maximum Gasteiger partial charge on any atom is 0.244 e. The van der Waals surface area contributed by atoms with Crippen molar-refractivity contribution in [3.8, 4) is 0 Å². The first-order valence-electron chi connectivity index (χ1n) is 9.01. The maximum absolute atomic E-state index is 13.3. The van der Waals surface area contributed by atoms with Gasteiger partial charge in [0.1, 0.15) is 11.9 Å². The molecule has 1 aliphatic rings. The summed E-state index contributed by atoms with van der Waals surface area (Å²) in [5.41, 5.74) is 0.502. The molecule has 1 aliphatic heterocycles. The van der Waals surface area contributed by atoms with Gasteiger partial charge in [0.15, 0.2) is 0 Å². The van der Waals surface area contributed by atoms with Crippen LogP contribution in [0.3, 0.4) is 0 Å². The van der Waals surface area contributed by atoms with E-state index in [9.17, 15) is 14.0 Å². The van der Waals surface area contributed by atoms with Crippen molar-refractivity contribution < 1.29 is 14.0 Å². The highest BCUT2D eigenvalue weighted by atomic mass is 19.1. The molecule has 0 aliphatic carbocycles. The molecule has 0 bridgehead atoms. The van der Waals surface area contributed by atoms with E-state index in [1.165, 1.54) is 6.07 Å². The Labute approximate surface area is 149 Å². The van der Waals surface area contributed by atoms with Gasteiger partial charge >= 0.3 is 0 Å². The van der Waals surface area contributed by atoms with Gasteiger partial charge in [-0.05, 0) is 49.8 Å². The van der Waals surface area contributed by atoms with Crippen molar-refractivity contribution >= 4 is 11.8 Å². The van der Waals surface area contributed by atoms with Crippen LogP contribution in [0.4, 0.5) is 4.39 Å². The zero-order chi connectivity index (χ0) is 18.6. The van der Waals surface area contributed by atoms with Crippen LogP contribution in [-0.4, -0.2) is 35.8 Å². The van der Waals surface area contributed by atoms with E-state index >= 15 is 0 Å². The summed E-state index contributed by atoms with van der Waals surface area (Å²) in [6.45, 7) is 8.61. The quantitative estimate of drug-likeness (QED) is 0.909. The molecule has 4 nitrogen and oxygen atoms in total. The molecule has 25 heavy (non-hydrogen) atoms. The number of nitrogens with zero attached hydrogens (tertiary/aromatic N) is 1. The molecule has 138 valence electrons. The molecule has 1 aromatic carbocycles. The van der Waals surface area contributed by atoms with Crippen molar-refractivity contribution in [1.29, 1.82) is 0 Å². The Kier molecular flexibility index (Phi) is 6.20. The van der Waals surface area contributed by atoms with E-state index in [0.29, 0.717) is 19.0 Å². The molecule has 0 saturated carbocycles. The number of hydrogen-bond donors (Lipinski definition) is 1. The number of rotatable bonds is 4. The number of carbonyl (C=O) groups excluding carboxylic acids is 2. The van der Waals surface area contributed by atoms with Gasteiger partial charge in [-0.25, -0.2) is 4.39 Å². The lowest BCUT2D eigenvalue weighted by Gasteiger charge is -2.34. The minimum atomic E-state index is -0.508. The summed E-state index contributed by atoms with van der Waals surface area (Å²) in [6.07, 6.45) is 2.65. The van der Waals surface area contributed by atoms with Gasteiger partial charge in [-0.3, -0.25) is 9.59 Å².